The largest absolute Gasteiger partial charge is 0.256 e. The van der Waals surface area contributed by atoms with E-state index >= 15 is 0 Å². The van der Waals surface area contributed by atoms with Gasteiger partial charge in [0.25, 0.3) is 0 Å². The van der Waals surface area contributed by atoms with Crippen molar-refractivity contribution in [3.63, 3.8) is 0 Å². The molecule has 0 radical (unpaired) electrons. The van der Waals surface area contributed by atoms with Gasteiger partial charge in [0.1, 0.15) is 0 Å². The van der Waals surface area contributed by atoms with Crippen LogP contribution in [0.2, 0.25) is 0 Å². The van der Waals surface area contributed by atoms with E-state index in [4.69, 9.17) is 34.9 Å². The molecule has 0 aliphatic heterocycles. The second-order valence-corrected chi connectivity index (χ2v) is 26.5. The molecule has 0 saturated heterocycles. The first-order chi connectivity index (χ1) is 52.4. The molecule has 12 heterocycles. The normalized spacial score (nSPS) is 11.6. The third kappa shape index (κ3) is 11.5. The lowest BCUT2D eigenvalue weighted by Gasteiger charge is -2.11. The van der Waals surface area contributed by atoms with Crippen molar-refractivity contribution in [3.05, 3.63) is 340 Å². The summed E-state index contributed by atoms with van der Waals surface area (Å²) in [6, 6.07) is 106. The van der Waals surface area contributed by atoms with E-state index in [1.54, 1.807) is 0 Å². The highest BCUT2D eigenvalue weighted by molar-refractivity contribution is 6.06. The number of hydrogen-bond acceptors (Lipinski definition) is 12. The molecule has 12 nitrogen and oxygen atoms in total. The Morgan fingerprint density at radius 3 is 0.802 bits per heavy atom. The summed E-state index contributed by atoms with van der Waals surface area (Å²) in [7, 11) is 0. The molecular formula is C94H56N12. The lowest BCUT2D eigenvalue weighted by molar-refractivity contribution is 1.31. The molecule has 12 aromatic heterocycles. The number of nitrogens with zero attached hydrogens (tertiary/aromatic N) is 12. The smallest absolute Gasteiger partial charge is 0.0972 e. The summed E-state index contributed by atoms with van der Waals surface area (Å²) < 4.78 is 0. The third-order valence-corrected chi connectivity index (χ3v) is 19.9. The summed E-state index contributed by atoms with van der Waals surface area (Å²) >= 11 is 0. The number of pyridine rings is 12. The lowest BCUT2D eigenvalue weighted by Crippen LogP contribution is -1.92. The SMILES string of the molecule is c1cc(-c2ccc3ccc(-c4ccc5ccc(-c6ccc7ccc8cccnc8c7n6)cc5n4)cc3n2)cc(-c2ccc3ccc4cccnc4c3n2)c1.c1ccc(-c2cc(-c3ccc4ccc(-c5ccc6ccc(-c7ccc8ccc9cccnc9c8n7)nc6c5)nc4c3)cc(-c3ccccn3)c2)nc1. The van der Waals surface area contributed by atoms with Gasteiger partial charge in [0.2, 0.25) is 0 Å². The molecule has 21 aromatic rings. The molecular weight excluding hydrogens is 1300 g/mol. The third-order valence-electron chi connectivity index (χ3n) is 19.9. The lowest BCUT2D eigenvalue weighted by atomic mass is 9.96. The minimum Gasteiger partial charge on any atom is -0.256 e. The molecule has 0 spiro atoms. The average molecular weight is 1350 g/mol. The Morgan fingerprint density at radius 1 is 0.132 bits per heavy atom. The quantitative estimate of drug-likeness (QED) is 0.126. The van der Waals surface area contributed by atoms with Crippen LogP contribution in [-0.4, -0.2) is 59.8 Å². The van der Waals surface area contributed by atoms with Gasteiger partial charge < -0.3 is 0 Å². The van der Waals surface area contributed by atoms with Crippen LogP contribution < -0.4 is 0 Å². The molecule has 21 rings (SSSR count). The van der Waals surface area contributed by atoms with Crippen molar-refractivity contribution in [2.45, 2.75) is 0 Å². The number of benzene rings is 9. The minimum atomic E-state index is 0.813. The van der Waals surface area contributed by atoms with E-state index in [0.717, 1.165) is 210 Å². The number of hydrogen-bond donors (Lipinski definition) is 0. The predicted molar refractivity (Wildman–Crippen MR) is 430 cm³/mol. The predicted octanol–water partition coefficient (Wildman–Crippen LogP) is 22.6. The van der Waals surface area contributed by atoms with Crippen LogP contribution >= 0.6 is 0 Å². The highest BCUT2D eigenvalue weighted by Gasteiger charge is 2.17. The van der Waals surface area contributed by atoms with Crippen LogP contribution in [0.3, 0.4) is 0 Å². The van der Waals surface area contributed by atoms with Gasteiger partial charge in [-0.15, -0.1) is 0 Å². The van der Waals surface area contributed by atoms with Gasteiger partial charge in [0.05, 0.1) is 106 Å². The van der Waals surface area contributed by atoms with Crippen LogP contribution in [0, 0.1) is 0 Å². The molecule has 0 aliphatic rings. The van der Waals surface area contributed by atoms with E-state index in [1.807, 2.05) is 97.7 Å². The van der Waals surface area contributed by atoms with Crippen molar-refractivity contribution < 1.29 is 0 Å². The van der Waals surface area contributed by atoms with Crippen LogP contribution in [-0.2, 0) is 0 Å². The first kappa shape index (κ1) is 61.3. The molecule has 0 fully saturated rings. The Hall–Kier alpha value is -14.6. The van der Waals surface area contributed by atoms with Crippen LogP contribution in [0.15, 0.2) is 340 Å². The molecule has 0 atom stereocenters. The fraction of sp³-hybridized carbons (Fsp3) is 0. The fourth-order valence-electron chi connectivity index (χ4n) is 14.4. The zero-order chi connectivity index (χ0) is 70.0. The molecule has 0 aliphatic carbocycles. The summed E-state index contributed by atoms with van der Waals surface area (Å²) in [5.41, 5.74) is 26.2. The van der Waals surface area contributed by atoms with Crippen molar-refractivity contribution >= 4 is 109 Å². The number of rotatable bonds is 9. The Kier molecular flexibility index (Phi) is 14.9. The number of aromatic nitrogens is 12. The first-order valence-electron chi connectivity index (χ1n) is 35.1. The van der Waals surface area contributed by atoms with Gasteiger partial charge in [-0.25, -0.2) is 34.9 Å². The minimum absolute atomic E-state index is 0.813. The molecule has 0 amide bonds. The standard InChI is InChI=1S/C48H28N6.C46H28N6/c1-4-35(26-36(5-1)41-22-18-33-12-10-31-6-2-24-49-45(31)47(33)53-41)39-20-16-29-8-14-37(27-43(29)51-39)40-21-17-30-9-15-38(28-44(30)52-40)42-23-19-34-13-11-32-7-3-25-50-46(32)48(34)54-42;1-3-21-47-38(7-1)36-24-35(25-37(26-36)39-8-2-4-22-48-39)33-13-9-29-15-18-40(50-43(29)27-33)34-14-10-30-16-19-41(51-44(30)28-34)42-20-17-32-12-11-31-6-5-23-49-45(31)46(32)52-42/h1-28H;1-28H. The molecule has 12 heteroatoms. The average Bonchev–Trinajstić information content (AvgIpc) is 0.786. The van der Waals surface area contributed by atoms with Crippen molar-refractivity contribution in [1.82, 2.24) is 59.8 Å². The fourth-order valence-corrected chi connectivity index (χ4v) is 14.4. The number of fused-ring (bicyclic) bond motifs is 13. The highest BCUT2D eigenvalue weighted by Crippen LogP contribution is 2.37. The van der Waals surface area contributed by atoms with Crippen molar-refractivity contribution in [2.24, 2.45) is 0 Å². The van der Waals surface area contributed by atoms with Crippen molar-refractivity contribution in [1.29, 1.82) is 0 Å². The summed E-state index contributed by atoms with van der Waals surface area (Å²) in [4.78, 5) is 58.9. The Balaban J connectivity index is 0.000000140. The maximum atomic E-state index is 5.17. The topological polar surface area (TPSA) is 155 Å². The van der Waals surface area contributed by atoms with Gasteiger partial charge in [0, 0.05) is 124 Å². The summed E-state index contributed by atoms with van der Waals surface area (Å²) in [5.74, 6) is 0. The van der Waals surface area contributed by atoms with E-state index in [1.165, 1.54) is 0 Å². The maximum absolute atomic E-state index is 5.17. The van der Waals surface area contributed by atoms with E-state index in [9.17, 15) is 0 Å². The van der Waals surface area contributed by atoms with Crippen LogP contribution in [0.25, 0.3) is 210 Å². The molecule has 0 unspecified atom stereocenters. The van der Waals surface area contributed by atoms with Crippen LogP contribution in [0.1, 0.15) is 0 Å². The molecule has 106 heavy (non-hydrogen) atoms. The van der Waals surface area contributed by atoms with E-state index in [-0.39, 0.29) is 0 Å². The molecule has 9 aromatic carbocycles. The van der Waals surface area contributed by atoms with Gasteiger partial charge in [-0.1, -0.05) is 176 Å². The van der Waals surface area contributed by atoms with Gasteiger partial charge in [-0.3, -0.25) is 24.9 Å². The van der Waals surface area contributed by atoms with E-state index in [0.29, 0.717) is 0 Å². The molecule has 492 valence electrons. The zero-order valence-corrected chi connectivity index (χ0v) is 56.7. The van der Waals surface area contributed by atoms with Crippen LogP contribution in [0.4, 0.5) is 0 Å². The van der Waals surface area contributed by atoms with Gasteiger partial charge in [-0.2, -0.15) is 0 Å². The van der Waals surface area contributed by atoms with Crippen molar-refractivity contribution in [3.8, 4) is 101 Å². The first-order valence-corrected chi connectivity index (χ1v) is 35.1. The summed E-state index contributed by atoms with van der Waals surface area (Å²) in [5, 5.41) is 10.7. The van der Waals surface area contributed by atoms with E-state index < -0.39 is 0 Å². The molecule has 0 N–H and O–H groups in total. The van der Waals surface area contributed by atoms with E-state index in [2.05, 4.69) is 268 Å². The summed E-state index contributed by atoms with van der Waals surface area (Å²) in [6.45, 7) is 0. The molecule has 0 saturated carbocycles. The Labute approximate surface area is 606 Å². The summed E-state index contributed by atoms with van der Waals surface area (Å²) in [6.07, 6.45) is 9.11. The molecule has 0 bridgehead atoms. The Morgan fingerprint density at radius 2 is 0.406 bits per heavy atom. The second kappa shape index (κ2) is 25.8. The second-order valence-electron chi connectivity index (χ2n) is 26.5. The highest BCUT2D eigenvalue weighted by atomic mass is 14.8. The Bertz CT molecular complexity index is 7060. The zero-order valence-electron chi connectivity index (χ0n) is 56.7. The van der Waals surface area contributed by atoms with Crippen molar-refractivity contribution in [2.75, 3.05) is 0 Å². The van der Waals surface area contributed by atoms with Crippen LogP contribution in [0.5, 0.6) is 0 Å². The maximum Gasteiger partial charge on any atom is 0.0972 e. The van der Waals surface area contributed by atoms with Gasteiger partial charge >= 0.3 is 0 Å². The van der Waals surface area contributed by atoms with Gasteiger partial charge in [0.15, 0.2) is 0 Å². The van der Waals surface area contributed by atoms with Gasteiger partial charge in [-0.05, 0) is 145 Å². The monoisotopic (exact) mass is 1350 g/mol.